The summed E-state index contributed by atoms with van der Waals surface area (Å²) < 4.78 is 5.77. The van der Waals surface area contributed by atoms with Crippen LogP contribution in [0.2, 0.25) is 0 Å². The van der Waals surface area contributed by atoms with Crippen molar-refractivity contribution in [1.82, 2.24) is 4.98 Å². The van der Waals surface area contributed by atoms with Crippen LogP contribution in [-0.4, -0.2) is 11.3 Å². The second-order valence-corrected chi connectivity index (χ2v) is 4.81. The monoisotopic (exact) mass is 253 g/mol. The minimum absolute atomic E-state index is 0.524. The molecule has 2 aromatic rings. The zero-order valence-corrected chi connectivity index (χ0v) is 10.6. The summed E-state index contributed by atoms with van der Waals surface area (Å²) in [7, 11) is 0. The Morgan fingerprint density at radius 2 is 1.84 bits per heavy atom. The van der Waals surface area contributed by atoms with E-state index in [0.29, 0.717) is 11.3 Å². The van der Waals surface area contributed by atoms with E-state index in [2.05, 4.69) is 17.1 Å². The number of pyridine rings is 1. The van der Waals surface area contributed by atoms with E-state index in [1.165, 1.54) is 30.2 Å². The summed E-state index contributed by atoms with van der Waals surface area (Å²) in [5.41, 5.74) is 3.33. The number of benzene rings is 1. The van der Waals surface area contributed by atoms with Crippen LogP contribution in [0, 0.1) is 0 Å². The summed E-state index contributed by atoms with van der Waals surface area (Å²) in [5, 5.41) is 0. The highest BCUT2D eigenvalue weighted by atomic mass is 16.5. The molecule has 3 heteroatoms. The van der Waals surface area contributed by atoms with E-state index in [4.69, 9.17) is 4.74 Å². The first-order chi connectivity index (χ1) is 9.35. The largest absolute Gasteiger partial charge is 0.456 e. The summed E-state index contributed by atoms with van der Waals surface area (Å²) in [4.78, 5) is 14.7. The van der Waals surface area contributed by atoms with Crippen LogP contribution in [0.25, 0.3) is 0 Å². The van der Waals surface area contributed by atoms with Gasteiger partial charge in [-0.1, -0.05) is 6.07 Å². The molecule has 1 heterocycles. The van der Waals surface area contributed by atoms with Crippen LogP contribution in [0.1, 0.15) is 34.3 Å². The maximum Gasteiger partial charge on any atom is 0.151 e. The summed E-state index contributed by atoms with van der Waals surface area (Å²) in [5.74, 6) is 1.41. The summed E-state index contributed by atoms with van der Waals surface area (Å²) in [6.07, 6.45) is 8.72. The number of carbonyl (C=O) groups is 1. The van der Waals surface area contributed by atoms with E-state index >= 15 is 0 Å². The first-order valence-corrected chi connectivity index (χ1v) is 6.55. The Morgan fingerprint density at radius 1 is 1.00 bits per heavy atom. The Morgan fingerprint density at radius 3 is 2.68 bits per heavy atom. The number of rotatable bonds is 3. The Balaban J connectivity index is 1.84. The predicted molar refractivity (Wildman–Crippen MR) is 72.8 cm³/mol. The molecule has 0 saturated heterocycles. The smallest absolute Gasteiger partial charge is 0.151 e. The van der Waals surface area contributed by atoms with Gasteiger partial charge in [0.25, 0.3) is 0 Å². The number of aryl methyl sites for hydroxylation is 2. The Hall–Kier alpha value is -2.16. The van der Waals surface area contributed by atoms with E-state index in [9.17, 15) is 4.79 Å². The minimum atomic E-state index is 0.524. The first-order valence-electron chi connectivity index (χ1n) is 6.55. The van der Waals surface area contributed by atoms with E-state index < -0.39 is 0 Å². The number of fused-ring (bicyclic) bond motifs is 1. The fourth-order valence-corrected chi connectivity index (χ4v) is 2.47. The zero-order valence-electron chi connectivity index (χ0n) is 10.6. The van der Waals surface area contributed by atoms with Crippen molar-refractivity contribution in [3.8, 4) is 11.5 Å². The topological polar surface area (TPSA) is 39.2 Å². The van der Waals surface area contributed by atoms with Gasteiger partial charge in [-0.15, -0.1) is 0 Å². The second-order valence-electron chi connectivity index (χ2n) is 4.81. The number of hydrogen-bond donors (Lipinski definition) is 0. The van der Waals surface area contributed by atoms with E-state index in [1.807, 2.05) is 6.07 Å². The Labute approximate surface area is 112 Å². The highest BCUT2D eigenvalue weighted by Crippen LogP contribution is 2.28. The van der Waals surface area contributed by atoms with E-state index in [-0.39, 0.29) is 0 Å². The van der Waals surface area contributed by atoms with Crippen molar-refractivity contribution >= 4 is 6.29 Å². The van der Waals surface area contributed by atoms with Crippen molar-refractivity contribution in [3.63, 3.8) is 0 Å². The number of hydrogen-bond acceptors (Lipinski definition) is 3. The maximum atomic E-state index is 10.7. The Kier molecular flexibility index (Phi) is 3.27. The van der Waals surface area contributed by atoms with Crippen molar-refractivity contribution in [2.45, 2.75) is 25.7 Å². The average Bonchev–Trinajstić information content (AvgIpc) is 2.47. The van der Waals surface area contributed by atoms with Crippen LogP contribution in [0.5, 0.6) is 11.5 Å². The quantitative estimate of drug-likeness (QED) is 0.785. The van der Waals surface area contributed by atoms with E-state index in [1.54, 1.807) is 12.3 Å². The minimum Gasteiger partial charge on any atom is -0.456 e. The average molecular weight is 253 g/mol. The molecule has 3 nitrogen and oxygen atoms in total. The van der Waals surface area contributed by atoms with Gasteiger partial charge in [0.1, 0.15) is 11.5 Å². The third-order valence-corrected chi connectivity index (χ3v) is 3.43. The van der Waals surface area contributed by atoms with Crippen LogP contribution < -0.4 is 4.74 Å². The van der Waals surface area contributed by atoms with Crippen LogP contribution in [0.3, 0.4) is 0 Å². The van der Waals surface area contributed by atoms with Gasteiger partial charge in [0.2, 0.25) is 0 Å². The molecule has 3 rings (SSSR count). The van der Waals surface area contributed by atoms with Gasteiger partial charge in [0, 0.05) is 11.8 Å². The molecule has 0 unspecified atom stereocenters. The number of nitrogens with zero attached hydrogens (tertiary/aromatic N) is 1. The van der Waals surface area contributed by atoms with Crippen molar-refractivity contribution in [3.05, 3.63) is 53.3 Å². The van der Waals surface area contributed by atoms with Crippen LogP contribution in [-0.2, 0) is 12.8 Å². The van der Waals surface area contributed by atoms with Crippen LogP contribution >= 0.6 is 0 Å². The molecule has 0 radical (unpaired) electrons. The Bertz CT molecular complexity index is 607. The molecular formula is C16H15NO2. The number of ether oxygens (including phenoxy) is 1. The third-order valence-electron chi connectivity index (χ3n) is 3.43. The van der Waals surface area contributed by atoms with E-state index in [0.717, 1.165) is 24.9 Å². The fraction of sp³-hybridized carbons (Fsp3) is 0.250. The van der Waals surface area contributed by atoms with Crippen LogP contribution in [0.4, 0.5) is 0 Å². The van der Waals surface area contributed by atoms with Gasteiger partial charge in [-0.2, -0.15) is 0 Å². The number of aromatic nitrogens is 1. The molecule has 1 aromatic carbocycles. The molecule has 0 bridgehead atoms. The van der Waals surface area contributed by atoms with Crippen LogP contribution in [0.15, 0.2) is 36.7 Å². The standard InChI is InChI=1S/C16H15NO2/c18-11-12-7-16(10-17-9-12)19-15-6-5-13-3-1-2-4-14(13)8-15/h5-11H,1-4H2. The predicted octanol–water partition coefficient (Wildman–Crippen LogP) is 3.57. The summed E-state index contributed by atoms with van der Waals surface area (Å²) >= 11 is 0. The molecule has 19 heavy (non-hydrogen) atoms. The molecule has 0 atom stereocenters. The molecule has 0 amide bonds. The number of aldehydes is 1. The summed E-state index contributed by atoms with van der Waals surface area (Å²) in [6.45, 7) is 0. The van der Waals surface area contributed by atoms with Gasteiger partial charge in [-0.05, 0) is 55.0 Å². The second kappa shape index (κ2) is 5.22. The third kappa shape index (κ3) is 2.65. The van der Waals surface area contributed by atoms with Crippen molar-refractivity contribution in [2.75, 3.05) is 0 Å². The van der Waals surface area contributed by atoms with Gasteiger partial charge >= 0.3 is 0 Å². The van der Waals surface area contributed by atoms with Crippen molar-refractivity contribution in [2.24, 2.45) is 0 Å². The maximum absolute atomic E-state index is 10.7. The molecule has 1 aromatic heterocycles. The normalized spacial score (nSPS) is 13.7. The highest BCUT2D eigenvalue weighted by Gasteiger charge is 2.10. The number of carbonyl (C=O) groups excluding carboxylic acids is 1. The summed E-state index contributed by atoms with van der Waals surface area (Å²) in [6, 6.07) is 7.92. The molecule has 0 saturated carbocycles. The van der Waals surface area contributed by atoms with Gasteiger partial charge in [-0.3, -0.25) is 9.78 Å². The van der Waals surface area contributed by atoms with Crippen molar-refractivity contribution < 1.29 is 9.53 Å². The van der Waals surface area contributed by atoms with Gasteiger partial charge in [-0.25, -0.2) is 0 Å². The molecule has 0 fully saturated rings. The molecular weight excluding hydrogens is 238 g/mol. The lowest BCUT2D eigenvalue weighted by molar-refractivity contribution is 0.112. The molecule has 96 valence electrons. The molecule has 0 aliphatic heterocycles. The zero-order chi connectivity index (χ0) is 13.1. The lowest BCUT2D eigenvalue weighted by atomic mass is 9.92. The van der Waals surface area contributed by atoms with Crippen molar-refractivity contribution in [1.29, 1.82) is 0 Å². The van der Waals surface area contributed by atoms with Gasteiger partial charge < -0.3 is 4.74 Å². The molecule has 1 aliphatic carbocycles. The lowest BCUT2D eigenvalue weighted by Gasteiger charge is -2.16. The fourth-order valence-electron chi connectivity index (χ4n) is 2.47. The first kappa shape index (κ1) is 11.9. The highest BCUT2D eigenvalue weighted by molar-refractivity contribution is 5.74. The lowest BCUT2D eigenvalue weighted by Crippen LogP contribution is -2.02. The van der Waals surface area contributed by atoms with Gasteiger partial charge in [0.15, 0.2) is 6.29 Å². The molecule has 0 N–H and O–H groups in total. The van der Waals surface area contributed by atoms with Gasteiger partial charge in [0.05, 0.1) is 6.20 Å². The molecule has 0 spiro atoms. The SMILES string of the molecule is O=Cc1cncc(Oc2ccc3c(c2)CCCC3)c1. The molecule has 1 aliphatic rings.